The first-order chi connectivity index (χ1) is 15.5. The molecule has 3 aromatic rings. The molecule has 0 spiro atoms. The molecular weight excluding hydrogens is 411 g/mol. The van der Waals surface area contributed by atoms with E-state index in [1.165, 1.54) is 16.8 Å². The van der Waals surface area contributed by atoms with E-state index in [0.717, 1.165) is 18.4 Å². The van der Waals surface area contributed by atoms with Crippen molar-refractivity contribution in [3.05, 3.63) is 76.0 Å². The van der Waals surface area contributed by atoms with Crippen LogP contribution in [0.15, 0.2) is 53.3 Å². The molecule has 166 valence electrons. The number of carbonyl (C=O) groups excluding carboxylic acids is 2. The quantitative estimate of drug-likeness (QED) is 0.601. The molecule has 2 amide bonds. The molecule has 1 aliphatic rings. The number of nitrogens with zero attached hydrogens (tertiary/aromatic N) is 2. The third kappa shape index (κ3) is 3.88. The van der Waals surface area contributed by atoms with Gasteiger partial charge in [-0.1, -0.05) is 50.1 Å². The third-order valence-electron chi connectivity index (χ3n) is 6.10. The van der Waals surface area contributed by atoms with Crippen molar-refractivity contribution in [2.24, 2.45) is 0 Å². The largest absolute Gasteiger partial charge is 0.290 e. The van der Waals surface area contributed by atoms with Crippen LogP contribution in [0.1, 0.15) is 55.1 Å². The van der Waals surface area contributed by atoms with E-state index < -0.39 is 11.3 Å². The van der Waals surface area contributed by atoms with Crippen LogP contribution in [0.25, 0.3) is 10.8 Å². The number of carbonyl (C=O) groups is 2. The van der Waals surface area contributed by atoms with Crippen LogP contribution in [-0.2, 0) is 16.8 Å². The van der Waals surface area contributed by atoms with Crippen molar-refractivity contribution >= 4 is 22.6 Å². The molecule has 1 saturated carbocycles. The van der Waals surface area contributed by atoms with Crippen LogP contribution in [0.3, 0.4) is 0 Å². The fourth-order valence-corrected chi connectivity index (χ4v) is 4.45. The fourth-order valence-electron chi connectivity index (χ4n) is 4.45. The Balaban J connectivity index is 1.60. The molecule has 4 rings (SSSR count). The Labute approximate surface area is 184 Å². The average Bonchev–Trinajstić information content (AvgIpc) is 3.31. The highest BCUT2D eigenvalue weighted by Crippen LogP contribution is 2.41. The van der Waals surface area contributed by atoms with Gasteiger partial charge in [-0.15, -0.1) is 0 Å². The summed E-state index contributed by atoms with van der Waals surface area (Å²) in [7, 11) is 0. The maximum Gasteiger partial charge on any atom is 0.290 e. The van der Waals surface area contributed by atoms with Crippen molar-refractivity contribution in [2.75, 3.05) is 0 Å². The molecule has 2 N–H and O–H groups in total. The highest BCUT2D eigenvalue weighted by molar-refractivity contribution is 6.05. The molecule has 8 heteroatoms. The molecule has 0 unspecified atom stereocenters. The summed E-state index contributed by atoms with van der Waals surface area (Å²) in [5.74, 6) is -1.32. The number of benzene rings is 2. The van der Waals surface area contributed by atoms with Crippen LogP contribution in [0.2, 0.25) is 0 Å². The number of aromatic nitrogens is 2. The number of aryl methyl sites for hydroxylation is 1. The highest BCUT2D eigenvalue weighted by Gasteiger charge is 2.43. The summed E-state index contributed by atoms with van der Waals surface area (Å²) in [4.78, 5) is 38.8. The van der Waals surface area contributed by atoms with Crippen LogP contribution in [-0.4, -0.2) is 21.6 Å². The molecule has 0 bridgehead atoms. The second kappa shape index (κ2) is 8.90. The lowest BCUT2D eigenvalue weighted by Crippen LogP contribution is -2.51. The van der Waals surface area contributed by atoms with Crippen LogP contribution < -0.4 is 16.4 Å². The number of hydrogen-bond acceptors (Lipinski definition) is 4. The van der Waals surface area contributed by atoms with E-state index in [4.69, 9.17) is 0 Å². The van der Waals surface area contributed by atoms with Gasteiger partial charge in [0.25, 0.3) is 11.5 Å². The van der Waals surface area contributed by atoms with E-state index >= 15 is 0 Å². The predicted molar refractivity (Wildman–Crippen MR) is 118 cm³/mol. The van der Waals surface area contributed by atoms with Gasteiger partial charge in [0.1, 0.15) is 5.82 Å². The summed E-state index contributed by atoms with van der Waals surface area (Å²) >= 11 is 0. The Morgan fingerprint density at radius 3 is 2.34 bits per heavy atom. The fraction of sp³-hybridized carbons (Fsp3) is 0.333. The summed E-state index contributed by atoms with van der Waals surface area (Å²) in [5, 5.41) is 5.07. The summed E-state index contributed by atoms with van der Waals surface area (Å²) in [6, 6.07) is 12.7. The number of hydrazine groups is 1. The second-order valence-electron chi connectivity index (χ2n) is 8.13. The minimum absolute atomic E-state index is 0.0659. The van der Waals surface area contributed by atoms with Crippen molar-refractivity contribution in [2.45, 2.75) is 51.0 Å². The molecule has 0 saturated heterocycles. The standard InChI is InChI=1S/C24H25FN4O3/c1-2-15-29-22(31)19-8-4-3-7-18(19)20(28-29)21(30)26-27-23(32)24(13-5-6-14-24)16-9-11-17(25)12-10-16/h3-4,7-12H,2,5-6,13-15H2,1H3,(H,26,30)(H,27,32). The maximum absolute atomic E-state index is 13.4. The molecule has 1 fully saturated rings. The lowest BCUT2D eigenvalue weighted by atomic mass is 9.78. The van der Waals surface area contributed by atoms with E-state index in [9.17, 15) is 18.8 Å². The Kier molecular flexibility index (Phi) is 6.03. The van der Waals surface area contributed by atoms with Gasteiger partial charge in [-0.3, -0.25) is 25.2 Å². The number of nitrogens with one attached hydrogen (secondary N) is 2. The van der Waals surface area contributed by atoms with Gasteiger partial charge < -0.3 is 0 Å². The molecule has 32 heavy (non-hydrogen) atoms. The summed E-state index contributed by atoms with van der Waals surface area (Å²) < 4.78 is 14.7. The van der Waals surface area contributed by atoms with Crippen LogP contribution >= 0.6 is 0 Å². The molecular formula is C24H25FN4O3. The number of fused-ring (bicyclic) bond motifs is 1. The molecule has 0 atom stereocenters. The van der Waals surface area contributed by atoms with E-state index in [2.05, 4.69) is 16.0 Å². The Hall–Kier alpha value is -3.55. The molecule has 0 radical (unpaired) electrons. The van der Waals surface area contributed by atoms with Crippen LogP contribution in [0, 0.1) is 5.82 Å². The van der Waals surface area contributed by atoms with Crippen LogP contribution in [0.5, 0.6) is 0 Å². The Morgan fingerprint density at radius 2 is 1.69 bits per heavy atom. The van der Waals surface area contributed by atoms with Gasteiger partial charge in [-0.2, -0.15) is 5.10 Å². The van der Waals surface area contributed by atoms with E-state index in [0.29, 0.717) is 36.6 Å². The minimum Gasteiger partial charge on any atom is -0.272 e. The van der Waals surface area contributed by atoms with Crippen molar-refractivity contribution in [3.63, 3.8) is 0 Å². The summed E-state index contributed by atoms with van der Waals surface area (Å²) in [6.45, 7) is 2.30. The van der Waals surface area contributed by atoms with Crippen molar-refractivity contribution in [3.8, 4) is 0 Å². The lowest BCUT2D eigenvalue weighted by Gasteiger charge is -2.28. The topological polar surface area (TPSA) is 93.1 Å². The van der Waals surface area contributed by atoms with Gasteiger partial charge in [-0.25, -0.2) is 9.07 Å². The van der Waals surface area contributed by atoms with E-state index in [-0.39, 0.29) is 23.0 Å². The van der Waals surface area contributed by atoms with E-state index in [1.54, 1.807) is 36.4 Å². The number of halogens is 1. The summed E-state index contributed by atoms with van der Waals surface area (Å²) in [6.07, 6.45) is 3.65. The molecule has 1 heterocycles. The second-order valence-corrected chi connectivity index (χ2v) is 8.13. The Bertz CT molecular complexity index is 1210. The summed E-state index contributed by atoms with van der Waals surface area (Å²) in [5.41, 5.74) is 4.73. The molecule has 1 aliphatic carbocycles. The molecule has 2 aromatic carbocycles. The third-order valence-corrected chi connectivity index (χ3v) is 6.10. The van der Waals surface area contributed by atoms with Gasteiger partial charge in [0, 0.05) is 11.9 Å². The minimum atomic E-state index is -0.822. The van der Waals surface area contributed by atoms with Crippen molar-refractivity contribution in [1.29, 1.82) is 0 Å². The SMILES string of the molecule is CCCn1nc(C(=O)NNC(=O)C2(c3ccc(F)cc3)CCCC2)c2ccccc2c1=O. The number of rotatable bonds is 5. The lowest BCUT2D eigenvalue weighted by molar-refractivity contribution is -0.127. The van der Waals surface area contributed by atoms with Gasteiger partial charge in [-0.05, 0) is 43.0 Å². The van der Waals surface area contributed by atoms with Crippen molar-refractivity contribution < 1.29 is 14.0 Å². The number of amides is 2. The first kappa shape index (κ1) is 21.7. The zero-order chi connectivity index (χ0) is 22.7. The zero-order valence-electron chi connectivity index (χ0n) is 17.9. The highest BCUT2D eigenvalue weighted by atomic mass is 19.1. The Morgan fingerprint density at radius 1 is 1.03 bits per heavy atom. The van der Waals surface area contributed by atoms with Crippen molar-refractivity contribution in [1.82, 2.24) is 20.6 Å². The normalized spacial score (nSPS) is 14.9. The first-order valence-electron chi connectivity index (χ1n) is 10.8. The average molecular weight is 436 g/mol. The van der Waals surface area contributed by atoms with E-state index in [1.807, 2.05) is 6.92 Å². The van der Waals surface area contributed by atoms with Gasteiger partial charge in [0.05, 0.1) is 10.8 Å². The van der Waals surface area contributed by atoms with Gasteiger partial charge >= 0.3 is 0 Å². The van der Waals surface area contributed by atoms with Gasteiger partial charge in [0.2, 0.25) is 5.91 Å². The maximum atomic E-state index is 13.4. The molecule has 0 aliphatic heterocycles. The first-order valence-corrected chi connectivity index (χ1v) is 10.8. The predicted octanol–water partition coefficient (Wildman–Crippen LogP) is 3.22. The molecule has 7 nitrogen and oxygen atoms in total. The molecule has 1 aromatic heterocycles. The monoisotopic (exact) mass is 436 g/mol. The smallest absolute Gasteiger partial charge is 0.272 e. The van der Waals surface area contributed by atoms with Gasteiger partial charge in [0.15, 0.2) is 5.69 Å². The zero-order valence-corrected chi connectivity index (χ0v) is 17.9. The van der Waals surface area contributed by atoms with Crippen LogP contribution in [0.4, 0.5) is 4.39 Å². The number of hydrogen-bond donors (Lipinski definition) is 2.